The Bertz CT molecular complexity index is 336. The van der Waals surface area contributed by atoms with Crippen molar-refractivity contribution in [3.63, 3.8) is 0 Å². The maximum Gasteiger partial charge on any atom is 0.250 e. The van der Waals surface area contributed by atoms with Gasteiger partial charge in [0.1, 0.15) is 6.33 Å². The summed E-state index contributed by atoms with van der Waals surface area (Å²) >= 11 is 0. The minimum absolute atomic E-state index is 0.184. The highest BCUT2D eigenvalue weighted by molar-refractivity contribution is 5.98. The lowest BCUT2D eigenvalue weighted by Crippen LogP contribution is -2.12. The molecule has 0 aliphatic carbocycles. The Hall–Kier alpha value is -1.65. The van der Waals surface area contributed by atoms with Gasteiger partial charge in [-0.2, -0.15) is 0 Å². The number of carbonyl (C=O) groups is 1. The molecule has 0 atom stereocenters. The standard InChI is InChI=1S/C8H12N4O/c1-6(2)4-7(13)10-8-11-9-5-12(8)3/h4-5H,1-3H3,(H,10,11,13). The summed E-state index contributed by atoms with van der Waals surface area (Å²) in [6.45, 7) is 3.71. The van der Waals surface area contributed by atoms with Gasteiger partial charge in [-0.05, 0) is 13.8 Å². The zero-order valence-electron chi connectivity index (χ0n) is 7.90. The molecule has 0 aromatic carbocycles. The molecule has 1 heterocycles. The van der Waals surface area contributed by atoms with Crippen LogP contribution in [0.4, 0.5) is 5.95 Å². The van der Waals surface area contributed by atoms with Crippen LogP contribution < -0.4 is 5.32 Å². The summed E-state index contributed by atoms with van der Waals surface area (Å²) in [4.78, 5) is 11.2. The van der Waals surface area contributed by atoms with E-state index in [0.29, 0.717) is 5.95 Å². The molecule has 1 aromatic heterocycles. The molecule has 0 saturated heterocycles. The van der Waals surface area contributed by atoms with Crippen molar-refractivity contribution in [3.05, 3.63) is 18.0 Å². The lowest BCUT2D eigenvalue weighted by Gasteiger charge is -1.99. The molecule has 70 valence electrons. The molecule has 5 heteroatoms. The maximum absolute atomic E-state index is 11.2. The summed E-state index contributed by atoms with van der Waals surface area (Å²) in [6.07, 6.45) is 3.03. The van der Waals surface area contributed by atoms with Crippen LogP contribution in [0.25, 0.3) is 0 Å². The maximum atomic E-state index is 11.2. The fraction of sp³-hybridized carbons (Fsp3) is 0.375. The number of allylic oxidation sites excluding steroid dienone is 1. The topological polar surface area (TPSA) is 59.8 Å². The van der Waals surface area contributed by atoms with Crippen molar-refractivity contribution in [2.45, 2.75) is 13.8 Å². The number of rotatable bonds is 2. The van der Waals surface area contributed by atoms with Crippen LogP contribution >= 0.6 is 0 Å². The van der Waals surface area contributed by atoms with E-state index in [1.54, 1.807) is 11.6 Å². The first-order chi connectivity index (χ1) is 6.09. The SMILES string of the molecule is CC(C)=CC(=O)Nc1nncn1C. The van der Waals surface area contributed by atoms with Gasteiger partial charge in [-0.3, -0.25) is 10.1 Å². The zero-order chi connectivity index (χ0) is 9.84. The average Bonchev–Trinajstić information content (AvgIpc) is 2.34. The van der Waals surface area contributed by atoms with E-state index in [1.807, 2.05) is 13.8 Å². The van der Waals surface area contributed by atoms with Gasteiger partial charge in [0.25, 0.3) is 5.91 Å². The molecule has 0 fully saturated rings. The van der Waals surface area contributed by atoms with Crippen LogP contribution in [0.3, 0.4) is 0 Å². The second kappa shape index (κ2) is 3.84. The van der Waals surface area contributed by atoms with E-state index >= 15 is 0 Å². The van der Waals surface area contributed by atoms with Crippen molar-refractivity contribution < 1.29 is 4.79 Å². The Morgan fingerprint density at radius 1 is 1.62 bits per heavy atom. The molecule has 5 nitrogen and oxygen atoms in total. The third kappa shape index (κ3) is 2.70. The molecule has 0 aliphatic heterocycles. The molecule has 0 spiro atoms. The molecule has 0 saturated carbocycles. The quantitative estimate of drug-likeness (QED) is 0.682. The first-order valence-electron chi connectivity index (χ1n) is 3.89. The van der Waals surface area contributed by atoms with E-state index in [2.05, 4.69) is 15.5 Å². The Kier molecular flexibility index (Phi) is 2.79. The number of aryl methyl sites for hydroxylation is 1. The number of hydrogen-bond acceptors (Lipinski definition) is 3. The van der Waals surface area contributed by atoms with Crippen molar-refractivity contribution >= 4 is 11.9 Å². The molecule has 1 rings (SSSR count). The van der Waals surface area contributed by atoms with E-state index in [-0.39, 0.29) is 5.91 Å². The number of nitrogens with one attached hydrogen (secondary N) is 1. The number of hydrogen-bond donors (Lipinski definition) is 1. The van der Waals surface area contributed by atoms with E-state index in [4.69, 9.17) is 0 Å². The minimum atomic E-state index is -0.184. The molecule has 0 radical (unpaired) electrons. The van der Waals surface area contributed by atoms with Gasteiger partial charge in [-0.1, -0.05) is 5.57 Å². The smallest absolute Gasteiger partial charge is 0.250 e. The third-order valence-corrected chi connectivity index (χ3v) is 1.37. The fourth-order valence-corrected chi connectivity index (χ4v) is 0.805. The van der Waals surface area contributed by atoms with Crippen molar-refractivity contribution in [2.75, 3.05) is 5.32 Å². The lowest BCUT2D eigenvalue weighted by molar-refractivity contribution is -0.112. The molecule has 13 heavy (non-hydrogen) atoms. The van der Waals surface area contributed by atoms with Gasteiger partial charge >= 0.3 is 0 Å². The van der Waals surface area contributed by atoms with Gasteiger partial charge in [0.15, 0.2) is 0 Å². The number of nitrogens with zero attached hydrogens (tertiary/aromatic N) is 3. The highest BCUT2D eigenvalue weighted by Gasteiger charge is 2.02. The van der Waals surface area contributed by atoms with E-state index < -0.39 is 0 Å². The number of amides is 1. The zero-order valence-corrected chi connectivity index (χ0v) is 7.90. The molecule has 0 unspecified atom stereocenters. The number of anilines is 1. The Balaban J connectivity index is 2.66. The number of carbonyl (C=O) groups excluding carboxylic acids is 1. The molecule has 0 bridgehead atoms. The van der Waals surface area contributed by atoms with Crippen LogP contribution in [0, 0.1) is 0 Å². The Labute approximate surface area is 76.5 Å². The molecule has 1 aromatic rings. The van der Waals surface area contributed by atoms with E-state index in [1.165, 1.54) is 12.4 Å². The third-order valence-electron chi connectivity index (χ3n) is 1.37. The average molecular weight is 180 g/mol. The molecule has 0 aliphatic rings. The van der Waals surface area contributed by atoms with Crippen LogP contribution in [-0.2, 0) is 11.8 Å². The first-order valence-corrected chi connectivity index (χ1v) is 3.89. The van der Waals surface area contributed by atoms with Crippen LogP contribution in [0.2, 0.25) is 0 Å². The second-order valence-corrected chi connectivity index (χ2v) is 2.98. The summed E-state index contributed by atoms with van der Waals surface area (Å²) < 4.78 is 1.64. The van der Waals surface area contributed by atoms with Crippen LogP contribution in [-0.4, -0.2) is 20.7 Å². The molecular weight excluding hydrogens is 168 g/mol. The molecule has 1 N–H and O–H groups in total. The van der Waals surface area contributed by atoms with Crippen molar-refractivity contribution in [1.82, 2.24) is 14.8 Å². The normalized spacial score (nSPS) is 9.46. The van der Waals surface area contributed by atoms with Crippen molar-refractivity contribution in [2.24, 2.45) is 7.05 Å². The Morgan fingerprint density at radius 3 is 2.77 bits per heavy atom. The van der Waals surface area contributed by atoms with Crippen molar-refractivity contribution in [1.29, 1.82) is 0 Å². The van der Waals surface area contributed by atoms with Gasteiger partial charge in [0.05, 0.1) is 0 Å². The fourth-order valence-electron chi connectivity index (χ4n) is 0.805. The van der Waals surface area contributed by atoms with Gasteiger partial charge in [-0.25, -0.2) is 0 Å². The summed E-state index contributed by atoms with van der Waals surface area (Å²) in [5.41, 5.74) is 0.944. The van der Waals surface area contributed by atoms with Crippen LogP contribution in [0.15, 0.2) is 18.0 Å². The van der Waals surface area contributed by atoms with E-state index in [0.717, 1.165) is 5.57 Å². The number of aromatic nitrogens is 3. The molecule has 1 amide bonds. The van der Waals surface area contributed by atoms with Crippen molar-refractivity contribution in [3.8, 4) is 0 Å². The van der Waals surface area contributed by atoms with Gasteiger partial charge in [0.2, 0.25) is 5.95 Å². The lowest BCUT2D eigenvalue weighted by atomic mass is 10.3. The summed E-state index contributed by atoms with van der Waals surface area (Å²) in [6, 6.07) is 0. The minimum Gasteiger partial charge on any atom is -0.303 e. The molecular formula is C8H12N4O. The monoisotopic (exact) mass is 180 g/mol. The Morgan fingerprint density at radius 2 is 2.31 bits per heavy atom. The summed E-state index contributed by atoms with van der Waals surface area (Å²) in [5.74, 6) is 0.263. The predicted molar refractivity (Wildman–Crippen MR) is 49.1 cm³/mol. The van der Waals surface area contributed by atoms with E-state index in [9.17, 15) is 4.79 Å². The highest BCUT2D eigenvalue weighted by Crippen LogP contribution is 1.99. The first kappa shape index (κ1) is 9.44. The van der Waals surface area contributed by atoms with Crippen LogP contribution in [0.5, 0.6) is 0 Å². The second-order valence-electron chi connectivity index (χ2n) is 2.98. The van der Waals surface area contributed by atoms with Gasteiger partial charge in [-0.15, -0.1) is 10.2 Å². The summed E-state index contributed by atoms with van der Waals surface area (Å²) in [5, 5.41) is 9.94. The van der Waals surface area contributed by atoms with Gasteiger partial charge < -0.3 is 4.57 Å². The predicted octanol–water partition coefficient (Wildman–Crippen LogP) is 0.720. The van der Waals surface area contributed by atoms with Gasteiger partial charge in [0, 0.05) is 13.1 Å². The summed E-state index contributed by atoms with van der Waals surface area (Å²) in [7, 11) is 1.76. The largest absolute Gasteiger partial charge is 0.303 e. The highest BCUT2D eigenvalue weighted by atomic mass is 16.1. The van der Waals surface area contributed by atoms with Crippen LogP contribution in [0.1, 0.15) is 13.8 Å².